The van der Waals surface area contributed by atoms with Gasteiger partial charge in [-0.05, 0) is 30.0 Å². The van der Waals surface area contributed by atoms with Gasteiger partial charge in [-0.1, -0.05) is 30.3 Å². The minimum atomic E-state index is 0.448. The maximum atomic E-state index is 5.14. The highest BCUT2D eigenvalue weighted by Crippen LogP contribution is 2.30. The van der Waals surface area contributed by atoms with Crippen LogP contribution >= 0.6 is 0 Å². The second-order valence-electron chi connectivity index (χ2n) is 4.84. The summed E-state index contributed by atoms with van der Waals surface area (Å²) in [6.07, 6.45) is 2.34. The first-order valence-corrected chi connectivity index (χ1v) is 6.68. The summed E-state index contributed by atoms with van der Waals surface area (Å²) in [6.45, 7) is 0.774. The quantitative estimate of drug-likeness (QED) is 0.911. The van der Waals surface area contributed by atoms with Crippen molar-refractivity contribution in [3.8, 4) is 5.88 Å². The molecular weight excluding hydrogens is 236 g/mol. The molecule has 1 aliphatic rings. The number of aromatic nitrogens is 1. The Bertz CT molecular complexity index is 568. The molecule has 1 heterocycles. The number of hydrogen-bond donors (Lipinski definition) is 1. The lowest BCUT2D eigenvalue weighted by atomic mass is 10.1. The molecule has 3 heteroatoms. The van der Waals surface area contributed by atoms with Crippen LogP contribution in [0.3, 0.4) is 0 Å². The molecule has 1 unspecified atom stereocenters. The lowest BCUT2D eigenvalue weighted by Gasteiger charge is -2.13. The van der Waals surface area contributed by atoms with Gasteiger partial charge in [0.1, 0.15) is 0 Å². The van der Waals surface area contributed by atoms with E-state index >= 15 is 0 Å². The summed E-state index contributed by atoms with van der Waals surface area (Å²) >= 11 is 0. The van der Waals surface area contributed by atoms with Crippen molar-refractivity contribution in [2.24, 2.45) is 0 Å². The van der Waals surface area contributed by atoms with Gasteiger partial charge in [-0.3, -0.25) is 0 Å². The van der Waals surface area contributed by atoms with Crippen molar-refractivity contribution in [3.63, 3.8) is 0 Å². The molecule has 3 nitrogen and oxygen atoms in total. The van der Waals surface area contributed by atoms with Gasteiger partial charge in [0.05, 0.1) is 12.8 Å². The predicted octanol–water partition coefficient (Wildman–Crippen LogP) is 2.87. The Kier molecular flexibility index (Phi) is 3.47. The van der Waals surface area contributed by atoms with Crippen LogP contribution in [0.25, 0.3) is 0 Å². The van der Waals surface area contributed by atoms with Crippen molar-refractivity contribution >= 4 is 0 Å². The fourth-order valence-electron chi connectivity index (χ4n) is 2.67. The Morgan fingerprint density at radius 3 is 3.00 bits per heavy atom. The maximum Gasteiger partial charge on any atom is 0.213 e. The predicted molar refractivity (Wildman–Crippen MR) is 75.1 cm³/mol. The fraction of sp³-hybridized carbons (Fsp3) is 0.312. The average molecular weight is 254 g/mol. The number of hydrogen-bond acceptors (Lipinski definition) is 3. The third-order valence-corrected chi connectivity index (χ3v) is 3.65. The summed E-state index contributed by atoms with van der Waals surface area (Å²) in [6, 6.07) is 15.0. The van der Waals surface area contributed by atoms with Gasteiger partial charge in [0.25, 0.3) is 0 Å². The zero-order valence-electron chi connectivity index (χ0n) is 11.1. The van der Waals surface area contributed by atoms with Crippen molar-refractivity contribution in [2.45, 2.75) is 25.4 Å². The number of nitrogens with one attached hydrogen (secondary N) is 1. The standard InChI is InChI=1S/C16H18N2O/c1-19-16-8-4-6-13(18-16)11-17-15-10-9-12-5-2-3-7-14(12)15/h2-8,15,17H,9-11H2,1H3. The lowest BCUT2D eigenvalue weighted by Crippen LogP contribution is -2.19. The van der Waals surface area contributed by atoms with Crippen molar-refractivity contribution < 1.29 is 4.74 Å². The van der Waals surface area contributed by atoms with Crippen LogP contribution in [-0.4, -0.2) is 12.1 Å². The van der Waals surface area contributed by atoms with E-state index in [4.69, 9.17) is 4.74 Å². The minimum absolute atomic E-state index is 0.448. The number of nitrogens with zero attached hydrogens (tertiary/aromatic N) is 1. The van der Waals surface area contributed by atoms with E-state index in [1.807, 2.05) is 18.2 Å². The van der Waals surface area contributed by atoms with Gasteiger partial charge < -0.3 is 10.1 Å². The van der Waals surface area contributed by atoms with E-state index in [2.05, 4.69) is 34.6 Å². The first-order chi connectivity index (χ1) is 9.36. The molecular formula is C16H18N2O. The molecule has 0 fully saturated rings. The summed E-state index contributed by atoms with van der Waals surface area (Å²) in [4.78, 5) is 4.42. The molecule has 1 aliphatic carbocycles. The number of ether oxygens (including phenoxy) is 1. The van der Waals surface area contributed by atoms with Crippen molar-refractivity contribution in [2.75, 3.05) is 7.11 Å². The Hall–Kier alpha value is -1.87. The zero-order valence-corrected chi connectivity index (χ0v) is 11.1. The molecule has 0 radical (unpaired) electrons. The van der Waals surface area contributed by atoms with Gasteiger partial charge in [-0.2, -0.15) is 0 Å². The van der Waals surface area contributed by atoms with Crippen LogP contribution in [-0.2, 0) is 13.0 Å². The van der Waals surface area contributed by atoms with Gasteiger partial charge in [0.2, 0.25) is 5.88 Å². The van der Waals surface area contributed by atoms with E-state index in [0.717, 1.165) is 12.2 Å². The molecule has 1 aromatic heterocycles. The topological polar surface area (TPSA) is 34.1 Å². The van der Waals surface area contributed by atoms with Crippen LogP contribution in [0, 0.1) is 0 Å². The smallest absolute Gasteiger partial charge is 0.213 e. The monoisotopic (exact) mass is 254 g/mol. The van der Waals surface area contributed by atoms with E-state index in [1.165, 1.54) is 24.0 Å². The van der Waals surface area contributed by atoms with E-state index in [-0.39, 0.29) is 0 Å². The molecule has 1 atom stereocenters. The SMILES string of the molecule is COc1cccc(CNC2CCc3ccccc32)n1. The number of methoxy groups -OCH3 is 1. The normalized spacial score (nSPS) is 17.2. The number of aryl methyl sites for hydroxylation is 1. The van der Waals surface area contributed by atoms with Gasteiger partial charge in [0.15, 0.2) is 0 Å². The molecule has 1 N–H and O–H groups in total. The fourth-order valence-corrected chi connectivity index (χ4v) is 2.67. The van der Waals surface area contributed by atoms with Crippen LogP contribution in [0.5, 0.6) is 5.88 Å². The number of rotatable bonds is 4. The van der Waals surface area contributed by atoms with Crippen LogP contribution in [0.2, 0.25) is 0 Å². The second kappa shape index (κ2) is 5.41. The van der Waals surface area contributed by atoms with E-state index < -0.39 is 0 Å². The third kappa shape index (κ3) is 2.61. The van der Waals surface area contributed by atoms with Gasteiger partial charge in [0, 0.05) is 18.7 Å². The number of benzene rings is 1. The molecule has 0 spiro atoms. The molecule has 0 aliphatic heterocycles. The Labute approximate surface area is 113 Å². The molecule has 2 aromatic rings. The van der Waals surface area contributed by atoms with Crippen LogP contribution in [0.1, 0.15) is 29.3 Å². The average Bonchev–Trinajstić information content (AvgIpc) is 2.89. The minimum Gasteiger partial charge on any atom is -0.481 e. The number of pyridine rings is 1. The summed E-state index contributed by atoms with van der Waals surface area (Å²) in [5.41, 5.74) is 3.92. The molecule has 0 bridgehead atoms. The largest absolute Gasteiger partial charge is 0.481 e. The molecule has 0 amide bonds. The molecule has 3 rings (SSSR count). The Morgan fingerprint density at radius 2 is 2.11 bits per heavy atom. The highest BCUT2D eigenvalue weighted by atomic mass is 16.5. The Morgan fingerprint density at radius 1 is 1.21 bits per heavy atom. The van der Waals surface area contributed by atoms with Gasteiger partial charge >= 0.3 is 0 Å². The van der Waals surface area contributed by atoms with Crippen molar-refractivity contribution in [1.82, 2.24) is 10.3 Å². The summed E-state index contributed by atoms with van der Waals surface area (Å²) in [5.74, 6) is 0.672. The third-order valence-electron chi connectivity index (χ3n) is 3.65. The van der Waals surface area contributed by atoms with Gasteiger partial charge in [-0.25, -0.2) is 4.98 Å². The summed E-state index contributed by atoms with van der Waals surface area (Å²) in [7, 11) is 1.65. The lowest BCUT2D eigenvalue weighted by molar-refractivity contribution is 0.395. The summed E-state index contributed by atoms with van der Waals surface area (Å²) in [5, 5.41) is 3.59. The first kappa shape index (κ1) is 12.2. The second-order valence-corrected chi connectivity index (χ2v) is 4.84. The van der Waals surface area contributed by atoms with Crippen LogP contribution in [0.4, 0.5) is 0 Å². The molecule has 98 valence electrons. The van der Waals surface area contributed by atoms with Crippen molar-refractivity contribution in [1.29, 1.82) is 0 Å². The first-order valence-electron chi connectivity index (χ1n) is 6.68. The highest BCUT2D eigenvalue weighted by Gasteiger charge is 2.21. The van der Waals surface area contributed by atoms with Crippen LogP contribution < -0.4 is 10.1 Å². The molecule has 0 saturated carbocycles. The highest BCUT2D eigenvalue weighted by molar-refractivity contribution is 5.34. The Balaban J connectivity index is 1.67. The van der Waals surface area contributed by atoms with Gasteiger partial charge in [-0.15, -0.1) is 0 Å². The molecule has 19 heavy (non-hydrogen) atoms. The number of fused-ring (bicyclic) bond motifs is 1. The van der Waals surface area contributed by atoms with E-state index in [9.17, 15) is 0 Å². The van der Waals surface area contributed by atoms with Crippen molar-refractivity contribution in [3.05, 3.63) is 59.3 Å². The van der Waals surface area contributed by atoms with Crippen LogP contribution in [0.15, 0.2) is 42.5 Å². The summed E-state index contributed by atoms with van der Waals surface area (Å²) < 4.78 is 5.14. The zero-order chi connectivity index (χ0) is 13.1. The molecule has 1 aromatic carbocycles. The maximum absolute atomic E-state index is 5.14. The molecule has 0 saturated heterocycles. The van der Waals surface area contributed by atoms with E-state index in [0.29, 0.717) is 11.9 Å². The van der Waals surface area contributed by atoms with E-state index in [1.54, 1.807) is 7.11 Å².